The molecule has 0 aliphatic heterocycles. The molecule has 7 nitrogen and oxygen atoms in total. The third-order valence-corrected chi connectivity index (χ3v) is 11.0. The second-order valence-electron chi connectivity index (χ2n) is 10.1. The zero-order chi connectivity index (χ0) is 23.9. The fraction of sp³-hybridized carbons (Fsp3) is 0.783. The Morgan fingerprint density at radius 2 is 1.91 bits per heavy atom. The van der Waals surface area contributed by atoms with E-state index in [1.165, 1.54) is 6.20 Å². The minimum absolute atomic E-state index is 0.130. The minimum Gasteiger partial charge on any atom is -0.462 e. The van der Waals surface area contributed by atoms with Gasteiger partial charge in [0.1, 0.15) is 17.6 Å². The van der Waals surface area contributed by atoms with E-state index in [4.69, 9.17) is 9.16 Å². The number of anilines is 2. The number of rotatable bonds is 10. The quantitative estimate of drug-likeness (QED) is 0.343. The minimum atomic E-state index is -1.79. The molecule has 9 heteroatoms. The Hall–Kier alpha value is -1.74. The van der Waals surface area contributed by atoms with Crippen molar-refractivity contribution in [3.05, 3.63) is 11.8 Å². The molecule has 1 saturated carbocycles. The van der Waals surface area contributed by atoms with Gasteiger partial charge in [0, 0.05) is 24.9 Å². The standard InChI is InChI=1S/C23H41FN4O3Si/c1-8-16(24)14-25-22-26-15-19(21(29)30-9-2)20(28-22)27-17-10-12-18(13-11-17)31-32(6,7)23(3,4)5/h15-18H,8-14H2,1-7H3,(H2,25,26,27,28)/t16?,17-,18-. The van der Waals surface area contributed by atoms with E-state index in [2.05, 4.69) is 54.5 Å². The van der Waals surface area contributed by atoms with Gasteiger partial charge >= 0.3 is 5.97 Å². The summed E-state index contributed by atoms with van der Waals surface area (Å²) in [7, 11) is -1.79. The second kappa shape index (κ2) is 11.4. The van der Waals surface area contributed by atoms with E-state index in [9.17, 15) is 9.18 Å². The van der Waals surface area contributed by atoms with Crippen molar-refractivity contribution in [2.24, 2.45) is 0 Å². The molecule has 182 valence electrons. The van der Waals surface area contributed by atoms with E-state index >= 15 is 0 Å². The first-order valence-electron chi connectivity index (χ1n) is 11.8. The van der Waals surface area contributed by atoms with Crippen molar-refractivity contribution in [3.8, 4) is 0 Å². The lowest BCUT2D eigenvalue weighted by Crippen LogP contribution is -2.45. The number of hydrogen-bond donors (Lipinski definition) is 2. The van der Waals surface area contributed by atoms with Crippen LogP contribution >= 0.6 is 0 Å². The molecule has 1 aliphatic carbocycles. The van der Waals surface area contributed by atoms with Crippen molar-refractivity contribution in [1.82, 2.24) is 9.97 Å². The van der Waals surface area contributed by atoms with Crippen LogP contribution in [0.3, 0.4) is 0 Å². The van der Waals surface area contributed by atoms with Crippen molar-refractivity contribution in [3.63, 3.8) is 0 Å². The third-order valence-electron chi connectivity index (χ3n) is 6.49. The molecule has 1 atom stereocenters. The van der Waals surface area contributed by atoms with E-state index < -0.39 is 20.5 Å². The number of hydrogen-bond acceptors (Lipinski definition) is 7. The van der Waals surface area contributed by atoms with Crippen LogP contribution in [0.4, 0.5) is 16.2 Å². The largest absolute Gasteiger partial charge is 0.462 e. The van der Waals surface area contributed by atoms with Gasteiger partial charge in [0.2, 0.25) is 5.95 Å². The molecule has 0 bridgehead atoms. The van der Waals surface area contributed by atoms with Crippen LogP contribution in [0.5, 0.6) is 0 Å². The first-order chi connectivity index (χ1) is 15.0. The van der Waals surface area contributed by atoms with Crippen molar-refractivity contribution in [2.45, 2.75) is 103 Å². The molecule has 0 amide bonds. The molecule has 0 aromatic carbocycles. The van der Waals surface area contributed by atoms with E-state index in [-0.39, 0.29) is 30.3 Å². The highest BCUT2D eigenvalue weighted by atomic mass is 28.4. The highest BCUT2D eigenvalue weighted by Gasteiger charge is 2.39. The van der Waals surface area contributed by atoms with E-state index in [0.717, 1.165) is 25.7 Å². The molecule has 1 heterocycles. The number of carbonyl (C=O) groups excluding carboxylic acids is 1. The smallest absolute Gasteiger partial charge is 0.343 e. The van der Waals surface area contributed by atoms with E-state index in [0.29, 0.717) is 23.8 Å². The second-order valence-corrected chi connectivity index (χ2v) is 14.8. The molecule has 1 unspecified atom stereocenters. The van der Waals surface area contributed by atoms with Gasteiger partial charge in [0.05, 0.1) is 6.61 Å². The first kappa shape index (κ1) is 26.5. The molecule has 1 fully saturated rings. The lowest BCUT2D eigenvalue weighted by atomic mass is 9.93. The SMILES string of the molecule is CCOC(=O)c1cnc(NCC(F)CC)nc1N[C@H]1CC[C@H](O[Si](C)(C)C(C)(C)C)CC1. The molecular weight excluding hydrogens is 427 g/mol. The fourth-order valence-corrected chi connectivity index (χ4v) is 4.82. The van der Waals surface area contributed by atoms with Crippen LogP contribution in [0, 0.1) is 0 Å². The van der Waals surface area contributed by atoms with Crippen LogP contribution in [0.15, 0.2) is 6.20 Å². The molecule has 1 aliphatic rings. The van der Waals surface area contributed by atoms with Crippen LogP contribution in [0.1, 0.15) is 77.1 Å². The molecule has 2 N–H and O–H groups in total. The number of esters is 1. The van der Waals surface area contributed by atoms with Crippen LogP contribution in [-0.4, -0.2) is 55.7 Å². The topological polar surface area (TPSA) is 85.4 Å². The summed E-state index contributed by atoms with van der Waals surface area (Å²) in [6.07, 6.45) is 4.95. The number of carbonyl (C=O) groups is 1. The van der Waals surface area contributed by atoms with Gasteiger partial charge in [-0.1, -0.05) is 27.7 Å². The van der Waals surface area contributed by atoms with Gasteiger partial charge in [-0.25, -0.2) is 14.2 Å². The fourth-order valence-electron chi connectivity index (χ4n) is 3.39. The lowest BCUT2D eigenvalue weighted by Gasteiger charge is -2.41. The summed E-state index contributed by atoms with van der Waals surface area (Å²) < 4.78 is 25.4. The van der Waals surface area contributed by atoms with Gasteiger partial charge in [-0.2, -0.15) is 4.98 Å². The lowest BCUT2D eigenvalue weighted by molar-refractivity contribution is 0.0526. The molecule has 0 radical (unpaired) electrons. The predicted molar refractivity (Wildman–Crippen MR) is 130 cm³/mol. The van der Waals surface area contributed by atoms with Gasteiger partial charge in [-0.15, -0.1) is 0 Å². The molecule has 1 aromatic rings. The van der Waals surface area contributed by atoms with Crippen molar-refractivity contribution < 1.29 is 18.3 Å². The molecule has 32 heavy (non-hydrogen) atoms. The molecule has 0 spiro atoms. The maximum atomic E-state index is 13.6. The highest BCUT2D eigenvalue weighted by Crippen LogP contribution is 2.39. The van der Waals surface area contributed by atoms with Gasteiger partial charge < -0.3 is 19.8 Å². The van der Waals surface area contributed by atoms with Gasteiger partial charge in [0.25, 0.3) is 0 Å². The maximum Gasteiger partial charge on any atom is 0.343 e. The van der Waals surface area contributed by atoms with Crippen molar-refractivity contribution in [1.29, 1.82) is 0 Å². The predicted octanol–water partition coefficient (Wildman–Crippen LogP) is 5.56. The average molecular weight is 469 g/mol. The zero-order valence-electron chi connectivity index (χ0n) is 20.8. The molecule has 1 aromatic heterocycles. The van der Waals surface area contributed by atoms with Crippen molar-refractivity contribution in [2.75, 3.05) is 23.8 Å². The van der Waals surface area contributed by atoms with Gasteiger partial charge in [-0.05, 0) is 57.2 Å². The zero-order valence-corrected chi connectivity index (χ0v) is 21.8. The number of nitrogens with zero attached hydrogens (tertiary/aromatic N) is 2. The Kier molecular flexibility index (Phi) is 9.45. The Bertz CT molecular complexity index is 749. The third kappa shape index (κ3) is 7.40. The van der Waals surface area contributed by atoms with Crippen LogP contribution < -0.4 is 10.6 Å². The van der Waals surface area contributed by atoms with E-state index in [1.807, 2.05) is 0 Å². The van der Waals surface area contributed by atoms with Gasteiger partial charge in [0.15, 0.2) is 8.32 Å². The summed E-state index contributed by atoms with van der Waals surface area (Å²) in [6, 6.07) is 0.176. The van der Waals surface area contributed by atoms with Crippen LogP contribution in [0.2, 0.25) is 18.1 Å². The number of aromatic nitrogens is 2. The molecule has 0 saturated heterocycles. The summed E-state index contributed by atoms with van der Waals surface area (Å²) in [4.78, 5) is 21.0. The molecular formula is C23H41FN4O3Si. The van der Waals surface area contributed by atoms with Crippen LogP contribution in [-0.2, 0) is 9.16 Å². The van der Waals surface area contributed by atoms with Crippen molar-refractivity contribution >= 4 is 26.1 Å². The summed E-state index contributed by atoms with van der Waals surface area (Å²) in [5.41, 5.74) is 0.296. The molecule has 2 rings (SSSR count). The monoisotopic (exact) mass is 468 g/mol. The number of ether oxygens (including phenoxy) is 1. The maximum absolute atomic E-state index is 13.6. The number of halogens is 1. The Morgan fingerprint density at radius 1 is 1.25 bits per heavy atom. The van der Waals surface area contributed by atoms with Gasteiger partial charge in [-0.3, -0.25) is 0 Å². The Balaban J connectivity index is 2.06. The first-order valence-corrected chi connectivity index (χ1v) is 14.7. The highest BCUT2D eigenvalue weighted by molar-refractivity contribution is 6.74. The number of nitrogens with one attached hydrogen (secondary N) is 2. The average Bonchev–Trinajstić information content (AvgIpc) is 2.72. The normalized spacial score (nSPS) is 20.5. The Labute approximate surface area is 193 Å². The van der Waals surface area contributed by atoms with Crippen LogP contribution in [0.25, 0.3) is 0 Å². The summed E-state index contributed by atoms with van der Waals surface area (Å²) in [5, 5.41) is 6.52. The summed E-state index contributed by atoms with van der Waals surface area (Å²) in [6.45, 7) is 15.3. The Morgan fingerprint density at radius 3 is 2.47 bits per heavy atom. The number of alkyl halides is 1. The summed E-state index contributed by atoms with van der Waals surface area (Å²) >= 11 is 0. The van der Waals surface area contributed by atoms with E-state index in [1.54, 1.807) is 13.8 Å². The summed E-state index contributed by atoms with van der Waals surface area (Å²) in [5.74, 6) is 0.265.